The number of methoxy groups -OCH3 is 1. The fourth-order valence-corrected chi connectivity index (χ4v) is 5.16. The van der Waals surface area contributed by atoms with Crippen molar-refractivity contribution < 1.29 is 21.6 Å². The number of benzene rings is 1. The second kappa shape index (κ2) is 7.26. The van der Waals surface area contributed by atoms with E-state index in [1.165, 1.54) is 36.5 Å². The largest absolute Gasteiger partial charge is 0.495 e. The number of hydrogen-bond donors (Lipinski definition) is 2. The van der Waals surface area contributed by atoms with E-state index in [2.05, 4.69) is 4.72 Å². The fraction of sp³-hybridized carbons (Fsp3) is 0.571. The fourth-order valence-electron chi connectivity index (χ4n) is 2.68. The van der Waals surface area contributed by atoms with Gasteiger partial charge in [0.1, 0.15) is 10.6 Å². The number of nitrogens with two attached hydrogens (primary N) is 1. The predicted molar refractivity (Wildman–Crippen MR) is 92.0 cm³/mol. The molecule has 24 heavy (non-hydrogen) atoms. The highest BCUT2D eigenvalue weighted by molar-refractivity contribution is 7.92. The molecular formula is C14H23N3O5S2. The van der Waals surface area contributed by atoms with Gasteiger partial charge in [0, 0.05) is 25.2 Å². The summed E-state index contributed by atoms with van der Waals surface area (Å²) in [6, 6.07) is 3.91. The minimum absolute atomic E-state index is 0.00444. The summed E-state index contributed by atoms with van der Waals surface area (Å²) in [5.41, 5.74) is 5.92. The van der Waals surface area contributed by atoms with Gasteiger partial charge in [-0.3, -0.25) is 4.72 Å². The van der Waals surface area contributed by atoms with Crippen molar-refractivity contribution in [2.24, 2.45) is 5.73 Å². The highest BCUT2D eigenvalue weighted by Crippen LogP contribution is 2.33. The van der Waals surface area contributed by atoms with E-state index in [1.807, 2.05) is 0 Å². The first-order valence-electron chi connectivity index (χ1n) is 7.65. The van der Waals surface area contributed by atoms with Gasteiger partial charge in [0.15, 0.2) is 0 Å². The van der Waals surface area contributed by atoms with Crippen molar-refractivity contribution in [2.75, 3.05) is 30.7 Å². The number of nitrogens with one attached hydrogen (secondary N) is 1. The number of ether oxygens (including phenoxy) is 1. The van der Waals surface area contributed by atoms with Crippen LogP contribution in [0.3, 0.4) is 0 Å². The minimum atomic E-state index is -3.76. The van der Waals surface area contributed by atoms with Gasteiger partial charge in [0.05, 0.1) is 18.6 Å². The summed E-state index contributed by atoms with van der Waals surface area (Å²) in [4.78, 5) is 0.00444. The van der Waals surface area contributed by atoms with E-state index in [0.717, 1.165) is 12.8 Å². The van der Waals surface area contributed by atoms with E-state index in [9.17, 15) is 16.8 Å². The first kappa shape index (κ1) is 19.0. The summed E-state index contributed by atoms with van der Waals surface area (Å²) < 4.78 is 58.0. The quantitative estimate of drug-likeness (QED) is 0.717. The van der Waals surface area contributed by atoms with E-state index in [-0.39, 0.29) is 34.7 Å². The molecule has 0 saturated carbocycles. The monoisotopic (exact) mass is 377 g/mol. The smallest absolute Gasteiger partial charge is 0.247 e. The summed E-state index contributed by atoms with van der Waals surface area (Å²) >= 11 is 0. The second-order valence-corrected chi connectivity index (χ2v) is 9.39. The van der Waals surface area contributed by atoms with Crippen LogP contribution < -0.4 is 15.2 Å². The molecule has 8 nitrogen and oxygen atoms in total. The molecular weight excluding hydrogens is 354 g/mol. The van der Waals surface area contributed by atoms with E-state index in [1.54, 1.807) is 0 Å². The third-order valence-corrected chi connectivity index (χ3v) is 7.30. The zero-order chi connectivity index (χ0) is 18.0. The zero-order valence-corrected chi connectivity index (χ0v) is 15.4. The summed E-state index contributed by atoms with van der Waals surface area (Å²) in [5.74, 6) is 0.00962. The SMILES string of the molecule is CCS(=O)(=O)Nc1ccc(S(=O)(=O)N2CCCC2CN)c(OC)c1. The first-order valence-corrected chi connectivity index (χ1v) is 10.7. The van der Waals surface area contributed by atoms with Crippen molar-refractivity contribution in [1.82, 2.24) is 4.31 Å². The molecule has 1 aliphatic heterocycles. The molecule has 2 rings (SSSR count). The maximum absolute atomic E-state index is 12.9. The lowest BCUT2D eigenvalue weighted by atomic mass is 10.2. The van der Waals surface area contributed by atoms with E-state index in [4.69, 9.17) is 10.5 Å². The number of hydrogen-bond acceptors (Lipinski definition) is 6. The zero-order valence-electron chi connectivity index (χ0n) is 13.7. The summed E-state index contributed by atoms with van der Waals surface area (Å²) in [6.07, 6.45) is 1.49. The summed E-state index contributed by atoms with van der Waals surface area (Å²) in [6.45, 7) is 2.19. The topological polar surface area (TPSA) is 119 Å². The van der Waals surface area contributed by atoms with Crippen molar-refractivity contribution in [1.29, 1.82) is 0 Å². The van der Waals surface area contributed by atoms with Gasteiger partial charge < -0.3 is 10.5 Å². The van der Waals surface area contributed by atoms with Crippen LogP contribution in [0.4, 0.5) is 5.69 Å². The molecule has 1 unspecified atom stereocenters. The van der Waals surface area contributed by atoms with E-state index < -0.39 is 20.0 Å². The molecule has 1 fully saturated rings. The molecule has 1 heterocycles. The number of nitrogens with zero attached hydrogens (tertiary/aromatic N) is 1. The van der Waals surface area contributed by atoms with Crippen LogP contribution in [0.1, 0.15) is 19.8 Å². The Hall–Kier alpha value is -1.36. The van der Waals surface area contributed by atoms with Gasteiger partial charge in [-0.1, -0.05) is 0 Å². The molecule has 0 aliphatic carbocycles. The summed E-state index contributed by atoms with van der Waals surface area (Å²) in [5, 5.41) is 0. The molecule has 0 radical (unpaired) electrons. The van der Waals surface area contributed by atoms with Gasteiger partial charge in [-0.05, 0) is 31.9 Å². The van der Waals surface area contributed by atoms with Crippen molar-refractivity contribution in [2.45, 2.75) is 30.7 Å². The normalized spacial score (nSPS) is 19.4. The van der Waals surface area contributed by atoms with Crippen LogP contribution in [-0.4, -0.2) is 53.1 Å². The Labute approximate surface area is 143 Å². The van der Waals surface area contributed by atoms with Gasteiger partial charge in [0.25, 0.3) is 0 Å². The van der Waals surface area contributed by atoms with Crippen LogP contribution >= 0.6 is 0 Å². The van der Waals surface area contributed by atoms with Crippen molar-refractivity contribution >= 4 is 25.7 Å². The Morgan fingerprint density at radius 3 is 2.62 bits per heavy atom. The molecule has 1 aliphatic rings. The molecule has 10 heteroatoms. The average molecular weight is 377 g/mol. The van der Waals surface area contributed by atoms with Crippen LogP contribution in [0.25, 0.3) is 0 Å². The van der Waals surface area contributed by atoms with Gasteiger partial charge >= 0.3 is 0 Å². The van der Waals surface area contributed by atoms with E-state index in [0.29, 0.717) is 6.54 Å². The van der Waals surface area contributed by atoms with Gasteiger partial charge in [-0.15, -0.1) is 0 Å². The third kappa shape index (κ3) is 3.82. The molecule has 0 amide bonds. The van der Waals surface area contributed by atoms with E-state index >= 15 is 0 Å². The maximum atomic E-state index is 12.9. The lowest BCUT2D eigenvalue weighted by Crippen LogP contribution is -2.39. The molecule has 0 aromatic heterocycles. The standard InChI is InChI=1S/C14H23N3O5S2/c1-3-23(18,19)16-11-6-7-14(13(9-11)22-2)24(20,21)17-8-4-5-12(17)10-15/h6-7,9,12,16H,3-5,8,10,15H2,1-2H3. The molecule has 136 valence electrons. The van der Waals surface area contributed by atoms with Gasteiger partial charge in [-0.25, -0.2) is 16.8 Å². The van der Waals surface area contributed by atoms with Crippen LogP contribution in [-0.2, 0) is 20.0 Å². The third-order valence-electron chi connectivity index (χ3n) is 4.00. The predicted octanol–water partition coefficient (Wildman–Crippen LogP) is 0.569. The molecule has 0 bridgehead atoms. The van der Waals surface area contributed by atoms with Crippen molar-refractivity contribution in [3.8, 4) is 5.75 Å². The molecule has 0 spiro atoms. The highest BCUT2D eigenvalue weighted by atomic mass is 32.2. The Morgan fingerprint density at radius 2 is 2.04 bits per heavy atom. The van der Waals surface area contributed by atoms with Crippen molar-refractivity contribution in [3.05, 3.63) is 18.2 Å². The average Bonchev–Trinajstić information content (AvgIpc) is 3.03. The van der Waals surface area contributed by atoms with Gasteiger partial charge in [-0.2, -0.15) is 4.31 Å². The molecule has 1 aromatic carbocycles. The molecule has 1 saturated heterocycles. The van der Waals surface area contributed by atoms with Crippen LogP contribution in [0.2, 0.25) is 0 Å². The van der Waals surface area contributed by atoms with Gasteiger partial charge in [0.2, 0.25) is 20.0 Å². The van der Waals surface area contributed by atoms with Crippen LogP contribution in [0.5, 0.6) is 5.75 Å². The Balaban J connectivity index is 2.40. The lowest BCUT2D eigenvalue weighted by molar-refractivity contribution is 0.379. The Bertz CT molecular complexity index is 793. The first-order chi connectivity index (χ1) is 11.2. The number of rotatable bonds is 7. The summed E-state index contributed by atoms with van der Waals surface area (Å²) in [7, 11) is -5.87. The lowest BCUT2D eigenvalue weighted by Gasteiger charge is -2.24. The molecule has 1 aromatic rings. The number of sulfonamides is 2. The Morgan fingerprint density at radius 1 is 1.33 bits per heavy atom. The molecule has 1 atom stereocenters. The van der Waals surface area contributed by atoms with Crippen LogP contribution in [0.15, 0.2) is 23.1 Å². The van der Waals surface area contributed by atoms with Crippen LogP contribution in [0, 0.1) is 0 Å². The Kier molecular flexibility index (Phi) is 5.74. The van der Waals surface area contributed by atoms with Crippen molar-refractivity contribution in [3.63, 3.8) is 0 Å². The maximum Gasteiger partial charge on any atom is 0.247 e. The highest BCUT2D eigenvalue weighted by Gasteiger charge is 2.36. The number of anilines is 1. The minimum Gasteiger partial charge on any atom is -0.495 e. The molecule has 3 N–H and O–H groups in total. The second-order valence-electron chi connectivity index (χ2n) is 5.52.